The second-order valence-electron chi connectivity index (χ2n) is 6.01. The molecule has 2 aromatic rings. The molecule has 1 aliphatic heterocycles. The molecule has 1 heterocycles. The van der Waals surface area contributed by atoms with E-state index in [1.54, 1.807) is 30.3 Å². The van der Waals surface area contributed by atoms with Crippen molar-refractivity contribution in [3.8, 4) is 5.75 Å². The summed E-state index contributed by atoms with van der Waals surface area (Å²) in [6.45, 7) is 3.55. The van der Waals surface area contributed by atoms with E-state index in [0.717, 1.165) is 16.8 Å². The van der Waals surface area contributed by atoms with Crippen LogP contribution in [0.15, 0.2) is 47.4 Å². The lowest BCUT2D eigenvalue weighted by Crippen LogP contribution is -2.27. The highest BCUT2D eigenvalue weighted by molar-refractivity contribution is 8.27. The SMILES string of the molecule is Cc1ccc(N2C(=O)C(=Cc3ccccc3OCC(=O)O)SC2=S)cc1C. The Morgan fingerprint density at radius 1 is 1.22 bits per heavy atom. The Labute approximate surface area is 166 Å². The zero-order chi connectivity index (χ0) is 19.6. The largest absolute Gasteiger partial charge is 0.481 e. The normalized spacial score (nSPS) is 15.5. The summed E-state index contributed by atoms with van der Waals surface area (Å²) in [6.07, 6.45) is 1.68. The number of carboxylic acid groups (broad SMARTS) is 1. The van der Waals surface area contributed by atoms with E-state index in [4.69, 9.17) is 22.1 Å². The first-order valence-corrected chi connectivity index (χ1v) is 9.38. The lowest BCUT2D eigenvalue weighted by Gasteiger charge is -2.16. The van der Waals surface area contributed by atoms with E-state index in [1.165, 1.54) is 16.7 Å². The summed E-state index contributed by atoms with van der Waals surface area (Å²) in [5, 5.41) is 8.81. The van der Waals surface area contributed by atoms with Crippen LogP contribution in [0.5, 0.6) is 5.75 Å². The number of aliphatic carboxylic acids is 1. The fraction of sp³-hybridized carbons (Fsp3) is 0.150. The number of hydrogen-bond donors (Lipinski definition) is 1. The topological polar surface area (TPSA) is 66.8 Å². The van der Waals surface area contributed by atoms with Gasteiger partial charge in [0.25, 0.3) is 5.91 Å². The minimum atomic E-state index is -1.06. The third-order valence-electron chi connectivity index (χ3n) is 4.10. The van der Waals surface area contributed by atoms with Gasteiger partial charge in [-0.25, -0.2) is 4.79 Å². The molecule has 1 saturated heterocycles. The number of benzene rings is 2. The molecule has 0 saturated carbocycles. The van der Waals surface area contributed by atoms with Gasteiger partial charge in [-0.3, -0.25) is 9.69 Å². The summed E-state index contributed by atoms with van der Waals surface area (Å²) < 4.78 is 5.76. The van der Waals surface area contributed by atoms with Gasteiger partial charge in [0, 0.05) is 5.56 Å². The van der Waals surface area contributed by atoms with Crippen molar-refractivity contribution in [2.75, 3.05) is 11.5 Å². The van der Waals surface area contributed by atoms with E-state index in [0.29, 0.717) is 20.5 Å². The minimum Gasteiger partial charge on any atom is -0.481 e. The molecule has 138 valence electrons. The molecule has 7 heteroatoms. The van der Waals surface area contributed by atoms with Crippen molar-refractivity contribution in [1.82, 2.24) is 0 Å². The quantitative estimate of drug-likeness (QED) is 0.601. The first kappa shape index (κ1) is 19.1. The van der Waals surface area contributed by atoms with Crippen molar-refractivity contribution in [2.24, 2.45) is 0 Å². The minimum absolute atomic E-state index is 0.207. The average molecular weight is 399 g/mol. The predicted octanol–water partition coefficient (Wildman–Crippen LogP) is 4.17. The van der Waals surface area contributed by atoms with Crippen molar-refractivity contribution in [1.29, 1.82) is 0 Å². The van der Waals surface area contributed by atoms with Gasteiger partial charge in [0.05, 0.1) is 10.6 Å². The molecule has 0 radical (unpaired) electrons. The van der Waals surface area contributed by atoms with Gasteiger partial charge in [-0.05, 0) is 49.2 Å². The van der Waals surface area contributed by atoms with Gasteiger partial charge in [0.15, 0.2) is 10.9 Å². The Bertz CT molecular complexity index is 968. The molecule has 1 aliphatic rings. The molecular formula is C20H17NO4S2. The molecule has 0 bridgehead atoms. The first-order chi connectivity index (χ1) is 12.9. The molecule has 0 aromatic heterocycles. The highest BCUT2D eigenvalue weighted by Gasteiger charge is 2.33. The van der Waals surface area contributed by atoms with E-state index in [-0.39, 0.29) is 5.91 Å². The van der Waals surface area contributed by atoms with Gasteiger partial charge < -0.3 is 9.84 Å². The lowest BCUT2D eigenvalue weighted by atomic mass is 10.1. The maximum atomic E-state index is 12.9. The number of carboxylic acids is 1. The van der Waals surface area contributed by atoms with E-state index in [1.807, 2.05) is 32.0 Å². The standard InChI is InChI=1S/C20H17NO4S2/c1-12-7-8-15(9-13(12)2)21-19(24)17(27-20(21)26)10-14-5-3-4-6-16(14)25-11-18(22)23/h3-10H,11H2,1-2H3,(H,22,23). The van der Waals surface area contributed by atoms with Crippen molar-refractivity contribution in [2.45, 2.75) is 13.8 Å². The van der Waals surface area contributed by atoms with Gasteiger partial charge in [-0.2, -0.15) is 0 Å². The highest BCUT2D eigenvalue weighted by atomic mass is 32.2. The van der Waals surface area contributed by atoms with E-state index < -0.39 is 12.6 Å². The second kappa shape index (κ2) is 7.94. The third kappa shape index (κ3) is 4.20. The molecule has 0 spiro atoms. The monoisotopic (exact) mass is 399 g/mol. The number of hydrogen-bond acceptors (Lipinski definition) is 5. The van der Waals surface area contributed by atoms with Crippen LogP contribution in [0.25, 0.3) is 6.08 Å². The van der Waals surface area contributed by atoms with Crippen LogP contribution in [0.3, 0.4) is 0 Å². The number of aryl methyl sites for hydroxylation is 2. The van der Waals surface area contributed by atoms with Crippen LogP contribution in [0.2, 0.25) is 0 Å². The Balaban J connectivity index is 1.91. The molecule has 2 aromatic carbocycles. The second-order valence-corrected chi connectivity index (χ2v) is 7.68. The molecule has 0 unspecified atom stereocenters. The zero-order valence-corrected chi connectivity index (χ0v) is 16.4. The summed E-state index contributed by atoms with van der Waals surface area (Å²) in [6, 6.07) is 12.7. The molecule has 0 atom stereocenters. The van der Waals surface area contributed by atoms with Crippen molar-refractivity contribution in [3.63, 3.8) is 0 Å². The molecule has 3 rings (SSSR count). The number of amides is 1. The summed E-state index contributed by atoms with van der Waals surface area (Å²) in [5.74, 6) is -0.872. The summed E-state index contributed by atoms with van der Waals surface area (Å²) >= 11 is 6.62. The number of carbonyl (C=O) groups is 2. The Morgan fingerprint density at radius 3 is 2.67 bits per heavy atom. The Kier molecular flexibility index (Phi) is 5.62. The number of ether oxygens (including phenoxy) is 1. The first-order valence-electron chi connectivity index (χ1n) is 8.15. The zero-order valence-electron chi connectivity index (χ0n) is 14.8. The molecule has 5 nitrogen and oxygen atoms in total. The van der Waals surface area contributed by atoms with Crippen molar-refractivity contribution < 1.29 is 19.4 Å². The van der Waals surface area contributed by atoms with E-state index in [9.17, 15) is 9.59 Å². The molecule has 1 N–H and O–H groups in total. The fourth-order valence-corrected chi connectivity index (χ4v) is 3.86. The van der Waals surface area contributed by atoms with Gasteiger partial charge in [-0.15, -0.1) is 0 Å². The van der Waals surface area contributed by atoms with Gasteiger partial charge >= 0.3 is 5.97 Å². The average Bonchev–Trinajstić information content (AvgIpc) is 2.90. The predicted molar refractivity (Wildman–Crippen MR) is 111 cm³/mol. The van der Waals surface area contributed by atoms with Gasteiger partial charge in [0.2, 0.25) is 0 Å². The maximum Gasteiger partial charge on any atom is 0.341 e. The number of nitrogens with zero attached hydrogens (tertiary/aromatic N) is 1. The maximum absolute atomic E-state index is 12.9. The number of rotatable bonds is 5. The molecule has 1 fully saturated rings. The number of carbonyl (C=O) groups excluding carboxylic acids is 1. The smallest absolute Gasteiger partial charge is 0.341 e. The van der Waals surface area contributed by atoms with Crippen LogP contribution in [0.4, 0.5) is 5.69 Å². The fourth-order valence-electron chi connectivity index (χ4n) is 2.57. The van der Waals surface area contributed by atoms with Crippen LogP contribution in [0.1, 0.15) is 16.7 Å². The van der Waals surface area contributed by atoms with Gasteiger partial charge in [-0.1, -0.05) is 48.2 Å². The van der Waals surface area contributed by atoms with Crippen LogP contribution < -0.4 is 9.64 Å². The van der Waals surface area contributed by atoms with Gasteiger partial charge in [0.1, 0.15) is 5.75 Å². The van der Waals surface area contributed by atoms with Crippen molar-refractivity contribution >= 4 is 51.9 Å². The Hall–Kier alpha value is -2.64. The van der Waals surface area contributed by atoms with Crippen LogP contribution in [-0.2, 0) is 9.59 Å². The van der Waals surface area contributed by atoms with E-state index >= 15 is 0 Å². The van der Waals surface area contributed by atoms with Crippen LogP contribution in [0, 0.1) is 13.8 Å². The van der Waals surface area contributed by atoms with Crippen molar-refractivity contribution in [3.05, 3.63) is 64.1 Å². The number of thiocarbonyl (C=S) groups is 1. The number of anilines is 1. The molecular weight excluding hydrogens is 382 g/mol. The lowest BCUT2D eigenvalue weighted by molar-refractivity contribution is -0.139. The van der Waals surface area contributed by atoms with E-state index in [2.05, 4.69) is 0 Å². The molecule has 27 heavy (non-hydrogen) atoms. The van der Waals surface area contributed by atoms with Crippen LogP contribution >= 0.6 is 24.0 Å². The summed E-state index contributed by atoms with van der Waals surface area (Å²) in [5.41, 5.74) is 3.58. The highest BCUT2D eigenvalue weighted by Crippen LogP contribution is 2.37. The molecule has 0 aliphatic carbocycles. The number of thioether (sulfide) groups is 1. The molecule has 1 amide bonds. The Morgan fingerprint density at radius 2 is 1.96 bits per heavy atom. The van der Waals surface area contributed by atoms with Crippen LogP contribution in [-0.4, -0.2) is 27.9 Å². The summed E-state index contributed by atoms with van der Waals surface area (Å²) in [7, 11) is 0. The number of para-hydroxylation sites is 1. The third-order valence-corrected chi connectivity index (χ3v) is 5.40. The summed E-state index contributed by atoms with van der Waals surface area (Å²) in [4.78, 5) is 25.6.